The maximum absolute atomic E-state index is 6.50. The number of alkyl halides is 1. The number of imidazole rings is 1. The minimum absolute atomic E-state index is 0.0629. The Morgan fingerprint density at radius 1 is 1.29 bits per heavy atom. The van der Waals surface area contributed by atoms with E-state index in [2.05, 4.69) is 42.0 Å². The highest BCUT2D eigenvalue weighted by atomic mass is 35.5. The van der Waals surface area contributed by atoms with E-state index in [1.165, 1.54) is 16.7 Å². The molecule has 0 saturated carbocycles. The highest BCUT2D eigenvalue weighted by Crippen LogP contribution is 2.30. The molecule has 2 nitrogen and oxygen atoms in total. The molecule has 0 saturated heterocycles. The summed E-state index contributed by atoms with van der Waals surface area (Å²) in [6, 6.07) is 6.31. The number of rotatable bonds is 4. The summed E-state index contributed by atoms with van der Waals surface area (Å²) in [5, 5.41) is 0.0629. The Hall–Kier alpha value is -1.28. The highest BCUT2D eigenvalue weighted by Gasteiger charge is 2.13. The quantitative estimate of drug-likeness (QED) is 0.816. The standard InChI is InChI=1S/C14H17ClN2/c1-10-4-3-5-11(2)14(10)13(15)7-6-12-8-16-9-17-12/h3-5,8-9,13H,6-7H2,1-2H3,(H,16,17). The Morgan fingerprint density at radius 2 is 2.00 bits per heavy atom. The fraction of sp³-hybridized carbons (Fsp3) is 0.357. The van der Waals surface area contributed by atoms with Crippen LogP contribution in [0.15, 0.2) is 30.7 Å². The van der Waals surface area contributed by atoms with Crippen LogP contribution in [-0.4, -0.2) is 9.97 Å². The Balaban J connectivity index is 2.07. The number of nitrogens with one attached hydrogen (secondary N) is 1. The van der Waals surface area contributed by atoms with Gasteiger partial charge in [0.2, 0.25) is 0 Å². The molecule has 3 heteroatoms. The van der Waals surface area contributed by atoms with Gasteiger partial charge in [0.15, 0.2) is 0 Å². The van der Waals surface area contributed by atoms with Crippen LogP contribution in [0.5, 0.6) is 0 Å². The number of H-pyrrole nitrogens is 1. The topological polar surface area (TPSA) is 28.7 Å². The van der Waals surface area contributed by atoms with Gasteiger partial charge in [-0.25, -0.2) is 4.98 Å². The van der Waals surface area contributed by atoms with Crippen LogP contribution < -0.4 is 0 Å². The molecule has 0 aliphatic carbocycles. The average molecular weight is 249 g/mol. The van der Waals surface area contributed by atoms with Crippen molar-refractivity contribution < 1.29 is 0 Å². The Kier molecular flexibility index (Phi) is 3.85. The lowest BCUT2D eigenvalue weighted by Gasteiger charge is -2.15. The van der Waals surface area contributed by atoms with Crippen LogP contribution >= 0.6 is 11.6 Å². The summed E-state index contributed by atoms with van der Waals surface area (Å²) in [7, 11) is 0. The third kappa shape index (κ3) is 2.89. The zero-order chi connectivity index (χ0) is 12.3. The van der Waals surface area contributed by atoms with Crippen LogP contribution in [0.25, 0.3) is 0 Å². The minimum atomic E-state index is 0.0629. The fourth-order valence-corrected chi connectivity index (χ4v) is 2.62. The third-order valence-electron chi connectivity index (χ3n) is 3.06. The summed E-state index contributed by atoms with van der Waals surface area (Å²) < 4.78 is 0. The van der Waals surface area contributed by atoms with Gasteiger partial charge in [0.25, 0.3) is 0 Å². The number of benzene rings is 1. The van der Waals surface area contributed by atoms with Crippen LogP contribution in [0.2, 0.25) is 0 Å². The summed E-state index contributed by atoms with van der Waals surface area (Å²) in [5.41, 5.74) is 4.88. The summed E-state index contributed by atoms with van der Waals surface area (Å²) in [5.74, 6) is 0. The van der Waals surface area contributed by atoms with E-state index in [-0.39, 0.29) is 5.38 Å². The molecule has 0 spiro atoms. The van der Waals surface area contributed by atoms with E-state index in [1.54, 1.807) is 6.33 Å². The van der Waals surface area contributed by atoms with Gasteiger partial charge in [-0.15, -0.1) is 11.6 Å². The second-order valence-corrected chi connectivity index (χ2v) is 4.90. The van der Waals surface area contributed by atoms with Crippen molar-refractivity contribution in [2.75, 3.05) is 0 Å². The summed E-state index contributed by atoms with van der Waals surface area (Å²) in [6.45, 7) is 4.23. The Morgan fingerprint density at radius 3 is 2.59 bits per heavy atom. The van der Waals surface area contributed by atoms with Crippen molar-refractivity contribution in [3.63, 3.8) is 0 Å². The first kappa shape index (κ1) is 12.2. The number of hydrogen-bond acceptors (Lipinski definition) is 1. The lowest BCUT2D eigenvalue weighted by molar-refractivity contribution is 0.771. The summed E-state index contributed by atoms with van der Waals surface area (Å²) in [4.78, 5) is 7.17. The van der Waals surface area contributed by atoms with Crippen molar-refractivity contribution in [2.24, 2.45) is 0 Å². The smallest absolute Gasteiger partial charge is 0.0923 e. The second-order valence-electron chi connectivity index (χ2n) is 4.37. The van der Waals surface area contributed by atoms with Crippen LogP contribution in [0.4, 0.5) is 0 Å². The molecule has 17 heavy (non-hydrogen) atoms. The van der Waals surface area contributed by atoms with Gasteiger partial charge in [0.1, 0.15) is 0 Å². The van der Waals surface area contributed by atoms with Gasteiger partial charge < -0.3 is 4.98 Å². The molecule has 0 bridgehead atoms. The monoisotopic (exact) mass is 248 g/mol. The SMILES string of the molecule is Cc1cccc(C)c1C(Cl)CCc1c[nH]cn1. The van der Waals surface area contributed by atoms with Gasteiger partial charge in [-0.05, 0) is 43.4 Å². The normalized spacial score (nSPS) is 12.6. The Bertz CT molecular complexity index is 457. The van der Waals surface area contributed by atoms with Gasteiger partial charge in [0.05, 0.1) is 17.4 Å². The molecule has 1 unspecified atom stereocenters. The molecule has 2 rings (SSSR count). The van der Waals surface area contributed by atoms with Gasteiger partial charge in [-0.3, -0.25) is 0 Å². The molecule has 2 aromatic rings. The maximum Gasteiger partial charge on any atom is 0.0923 e. The lowest BCUT2D eigenvalue weighted by atomic mass is 9.97. The molecule has 0 radical (unpaired) electrons. The van der Waals surface area contributed by atoms with E-state index < -0.39 is 0 Å². The summed E-state index contributed by atoms with van der Waals surface area (Å²) >= 11 is 6.50. The van der Waals surface area contributed by atoms with Crippen LogP contribution in [0, 0.1) is 13.8 Å². The largest absolute Gasteiger partial charge is 0.351 e. The van der Waals surface area contributed by atoms with E-state index in [4.69, 9.17) is 11.6 Å². The van der Waals surface area contributed by atoms with Crippen molar-refractivity contribution in [2.45, 2.75) is 32.1 Å². The number of nitrogens with zero attached hydrogens (tertiary/aromatic N) is 1. The van der Waals surface area contributed by atoms with Crippen molar-refractivity contribution >= 4 is 11.6 Å². The van der Waals surface area contributed by atoms with E-state index in [9.17, 15) is 0 Å². The number of aryl methyl sites for hydroxylation is 3. The molecule has 0 fully saturated rings. The molecule has 1 aromatic carbocycles. The number of hydrogen-bond donors (Lipinski definition) is 1. The molecule has 1 heterocycles. The van der Waals surface area contributed by atoms with Gasteiger partial charge in [0, 0.05) is 6.20 Å². The molecule has 0 aliphatic rings. The molecular weight excluding hydrogens is 232 g/mol. The maximum atomic E-state index is 6.50. The van der Waals surface area contributed by atoms with Crippen molar-refractivity contribution in [3.05, 3.63) is 53.1 Å². The first-order valence-corrected chi connectivity index (χ1v) is 6.30. The minimum Gasteiger partial charge on any atom is -0.351 e. The predicted molar refractivity (Wildman–Crippen MR) is 71.4 cm³/mol. The molecule has 0 aliphatic heterocycles. The first-order valence-electron chi connectivity index (χ1n) is 5.86. The molecule has 90 valence electrons. The Labute approximate surface area is 107 Å². The first-order chi connectivity index (χ1) is 8.18. The van der Waals surface area contributed by atoms with Crippen molar-refractivity contribution in [1.82, 2.24) is 9.97 Å². The number of halogens is 1. The van der Waals surface area contributed by atoms with Crippen molar-refractivity contribution in [3.8, 4) is 0 Å². The van der Waals surface area contributed by atoms with Crippen LogP contribution in [-0.2, 0) is 6.42 Å². The fourth-order valence-electron chi connectivity index (χ4n) is 2.17. The molecule has 0 amide bonds. The van der Waals surface area contributed by atoms with Crippen LogP contribution in [0.1, 0.15) is 34.2 Å². The van der Waals surface area contributed by atoms with Gasteiger partial charge >= 0.3 is 0 Å². The van der Waals surface area contributed by atoms with Crippen LogP contribution in [0.3, 0.4) is 0 Å². The molecular formula is C14H17ClN2. The zero-order valence-corrected chi connectivity index (χ0v) is 11.0. The van der Waals surface area contributed by atoms with E-state index in [0.29, 0.717) is 0 Å². The van der Waals surface area contributed by atoms with E-state index in [1.807, 2.05) is 6.20 Å². The number of aromatic amines is 1. The second kappa shape index (κ2) is 5.37. The highest BCUT2D eigenvalue weighted by molar-refractivity contribution is 6.21. The van der Waals surface area contributed by atoms with Gasteiger partial charge in [-0.2, -0.15) is 0 Å². The average Bonchev–Trinajstić information content (AvgIpc) is 2.79. The third-order valence-corrected chi connectivity index (χ3v) is 3.50. The van der Waals surface area contributed by atoms with Gasteiger partial charge in [-0.1, -0.05) is 18.2 Å². The molecule has 1 N–H and O–H groups in total. The lowest BCUT2D eigenvalue weighted by Crippen LogP contribution is -1.99. The molecule has 1 atom stereocenters. The predicted octanol–water partition coefficient (Wildman–Crippen LogP) is 3.94. The summed E-state index contributed by atoms with van der Waals surface area (Å²) in [6.07, 6.45) is 5.45. The van der Waals surface area contributed by atoms with E-state index in [0.717, 1.165) is 18.5 Å². The van der Waals surface area contributed by atoms with E-state index >= 15 is 0 Å². The van der Waals surface area contributed by atoms with Crippen molar-refractivity contribution in [1.29, 1.82) is 0 Å². The molecule has 1 aromatic heterocycles. The zero-order valence-electron chi connectivity index (χ0n) is 10.2. The number of aromatic nitrogens is 2.